The zero-order valence-electron chi connectivity index (χ0n) is 11.9. The van der Waals surface area contributed by atoms with E-state index in [1.54, 1.807) is 6.08 Å². The zero-order chi connectivity index (χ0) is 15.5. The highest BCUT2D eigenvalue weighted by Crippen LogP contribution is 2.32. The fourth-order valence-corrected chi connectivity index (χ4v) is 2.56. The summed E-state index contributed by atoms with van der Waals surface area (Å²) >= 11 is 2.25. The van der Waals surface area contributed by atoms with Gasteiger partial charge in [-0.3, -0.25) is 4.79 Å². The number of carbonyl (C=O) groups excluding carboxylic acids is 1. The van der Waals surface area contributed by atoms with Crippen LogP contribution in [0.1, 0.15) is 11.1 Å². The van der Waals surface area contributed by atoms with E-state index in [0.29, 0.717) is 5.75 Å². The summed E-state index contributed by atoms with van der Waals surface area (Å²) in [6, 6.07) is 11.4. The van der Waals surface area contributed by atoms with Gasteiger partial charge in [0.1, 0.15) is 0 Å². The second-order valence-corrected chi connectivity index (χ2v) is 6.06. The lowest BCUT2D eigenvalue weighted by Crippen LogP contribution is -2.07. The molecule has 2 aromatic carbocycles. The van der Waals surface area contributed by atoms with Crippen LogP contribution >= 0.6 is 22.6 Å². The van der Waals surface area contributed by atoms with Crippen molar-refractivity contribution < 1.29 is 14.3 Å². The number of anilines is 1. The van der Waals surface area contributed by atoms with E-state index >= 15 is 0 Å². The summed E-state index contributed by atoms with van der Waals surface area (Å²) in [6.07, 6.45) is 3.25. The van der Waals surface area contributed by atoms with Crippen LogP contribution in [0.3, 0.4) is 0 Å². The van der Waals surface area contributed by atoms with E-state index in [1.165, 1.54) is 11.6 Å². The van der Waals surface area contributed by atoms with E-state index in [9.17, 15) is 4.79 Å². The number of nitrogens with one attached hydrogen (secondary N) is 1. The average Bonchev–Trinajstić information content (AvgIpc) is 2.96. The smallest absolute Gasteiger partial charge is 0.248 e. The normalized spacial score (nSPS) is 12.6. The van der Waals surface area contributed by atoms with Gasteiger partial charge in [-0.2, -0.15) is 0 Å². The molecule has 112 valence electrons. The molecule has 0 radical (unpaired) electrons. The highest BCUT2D eigenvalue weighted by atomic mass is 127. The van der Waals surface area contributed by atoms with Gasteiger partial charge in [-0.05, 0) is 71.0 Å². The SMILES string of the molecule is Cc1ccc(NC(=O)C=Cc2ccc3c(c2)OCO3)cc1I. The van der Waals surface area contributed by atoms with Gasteiger partial charge in [0.25, 0.3) is 0 Å². The van der Waals surface area contributed by atoms with Crippen LogP contribution in [0.4, 0.5) is 5.69 Å². The Balaban J connectivity index is 1.67. The number of aryl methyl sites for hydroxylation is 1. The maximum absolute atomic E-state index is 12.0. The Bertz CT molecular complexity index is 756. The molecule has 1 amide bonds. The van der Waals surface area contributed by atoms with Crippen molar-refractivity contribution in [2.75, 3.05) is 12.1 Å². The second kappa shape index (κ2) is 6.39. The minimum Gasteiger partial charge on any atom is -0.454 e. The quantitative estimate of drug-likeness (QED) is 0.619. The summed E-state index contributed by atoms with van der Waals surface area (Å²) in [7, 11) is 0. The number of fused-ring (bicyclic) bond motifs is 1. The molecule has 5 heteroatoms. The molecule has 0 aliphatic carbocycles. The third-order valence-corrected chi connectivity index (χ3v) is 4.43. The van der Waals surface area contributed by atoms with Crippen LogP contribution in [0.25, 0.3) is 6.08 Å². The first-order valence-corrected chi connectivity index (χ1v) is 7.84. The molecule has 1 aliphatic heterocycles. The Morgan fingerprint density at radius 1 is 1.18 bits per heavy atom. The van der Waals surface area contributed by atoms with Gasteiger partial charge in [0.15, 0.2) is 11.5 Å². The van der Waals surface area contributed by atoms with Crippen LogP contribution < -0.4 is 14.8 Å². The van der Waals surface area contributed by atoms with Gasteiger partial charge in [-0.1, -0.05) is 12.1 Å². The van der Waals surface area contributed by atoms with Gasteiger partial charge in [-0.15, -0.1) is 0 Å². The predicted molar refractivity (Wildman–Crippen MR) is 94.1 cm³/mol. The van der Waals surface area contributed by atoms with Crippen LogP contribution in [-0.4, -0.2) is 12.7 Å². The van der Waals surface area contributed by atoms with Gasteiger partial charge < -0.3 is 14.8 Å². The Morgan fingerprint density at radius 3 is 2.82 bits per heavy atom. The highest BCUT2D eigenvalue weighted by Gasteiger charge is 2.12. The number of rotatable bonds is 3. The first kappa shape index (κ1) is 14.9. The number of ether oxygens (including phenoxy) is 2. The van der Waals surface area contributed by atoms with E-state index in [-0.39, 0.29) is 12.7 Å². The Labute approximate surface area is 142 Å². The number of amides is 1. The Morgan fingerprint density at radius 2 is 2.00 bits per heavy atom. The number of halogens is 1. The fourth-order valence-electron chi connectivity index (χ4n) is 2.04. The van der Waals surface area contributed by atoms with Crippen LogP contribution in [0.2, 0.25) is 0 Å². The molecule has 1 N–H and O–H groups in total. The third kappa shape index (κ3) is 3.41. The first-order valence-electron chi connectivity index (χ1n) is 6.77. The van der Waals surface area contributed by atoms with E-state index in [1.807, 2.05) is 43.3 Å². The third-order valence-electron chi connectivity index (χ3n) is 3.26. The van der Waals surface area contributed by atoms with Crippen molar-refractivity contribution in [2.45, 2.75) is 6.92 Å². The number of benzene rings is 2. The van der Waals surface area contributed by atoms with E-state index in [2.05, 4.69) is 27.9 Å². The number of hydrogen-bond donors (Lipinski definition) is 1. The van der Waals surface area contributed by atoms with Crippen molar-refractivity contribution in [3.63, 3.8) is 0 Å². The molecule has 1 aliphatic rings. The molecule has 0 saturated heterocycles. The van der Waals surface area contributed by atoms with Crippen LogP contribution in [0.5, 0.6) is 11.5 Å². The molecule has 0 atom stereocenters. The molecule has 0 bridgehead atoms. The lowest BCUT2D eigenvalue weighted by atomic mass is 10.2. The van der Waals surface area contributed by atoms with Crippen LogP contribution in [0.15, 0.2) is 42.5 Å². The minimum atomic E-state index is -0.169. The number of carbonyl (C=O) groups is 1. The van der Waals surface area contributed by atoms with E-state index in [4.69, 9.17) is 9.47 Å². The lowest BCUT2D eigenvalue weighted by Gasteiger charge is -2.04. The van der Waals surface area contributed by atoms with Gasteiger partial charge in [-0.25, -0.2) is 0 Å². The van der Waals surface area contributed by atoms with Crippen LogP contribution in [-0.2, 0) is 4.79 Å². The molecular weight excluding hydrogens is 393 g/mol. The van der Waals surface area contributed by atoms with Crippen molar-refractivity contribution in [1.82, 2.24) is 0 Å². The molecule has 0 fully saturated rings. The fraction of sp³-hybridized carbons (Fsp3) is 0.118. The van der Waals surface area contributed by atoms with E-state index in [0.717, 1.165) is 20.6 Å². The molecule has 0 aromatic heterocycles. The maximum Gasteiger partial charge on any atom is 0.248 e. The van der Waals surface area contributed by atoms with Crippen molar-refractivity contribution in [3.8, 4) is 11.5 Å². The van der Waals surface area contributed by atoms with Crippen molar-refractivity contribution in [2.24, 2.45) is 0 Å². The van der Waals surface area contributed by atoms with Gasteiger partial charge in [0, 0.05) is 15.3 Å². The Hall–Kier alpha value is -2.02. The summed E-state index contributed by atoms with van der Waals surface area (Å²) in [4.78, 5) is 12.0. The average molecular weight is 407 g/mol. The monoisotopic (exact) mass is 407 g/mol. The zero-order valence-corrected chi connectivity index (χ0v) is 14.1. The van der Waals surface area contributed by atoms with Gasteiger partial charge >= 0.3 is 0 Å². The highest BCUT2D eigenvalue weighted by molar-refractivity contribution is 14.1. The van der Waals surface area contributed by atoms with Gasteiger partial charge in [0.05, 0.1) is 0 Å². The van der Waals surface area contributed by atoms with Crippen molar-refractivity contribution in [3.05, 3.63) is 57.2 Å². The van der Waals surface area contributed by atoms with Crippen molar-refractivity contribution in [1.29, 1.82) is 0 Å². The molecule has 2 aromatic rings. The molecular formula is C17H14INO3. The molecule has 0 saturated carbocycles. The maximum atomic E-state index is 12.0. The summed E-state index contributed by atoms with van der Waals surface area (Å²) in [5.74, 6) is 1.27. The summed E-state index contributed by atoms with van der Waals surface area (Å²) in [5.41, 5.74) is 2.86. The van der Waals surface area contributed by atoms with Crippen molar-refractivity contribution >= 4 is 40.3 Å². The second-order valence-electron chi connectivity index (χ2n) is 4.90. The largest absolute Gasteiger partial charge is 0.454 e. The molecule has 22 heavy (non-hydrogen) atoms. The molecule has 4 nitrogen and oxygen atoms in total. The number of hydrogen-bond acceptors (Lipinski definition) is 3. The standard InChI is InChI=1S/C17H14INO3/c1-11-2-5-13(9-14(11)18)19-17(20)7-4-12-3-6-15-16(8-12)22-10-21-15/h2-9H,10H2,1H3,(H,19,20). The molecule has 3 rings (SSSR count). The molecule has 1 heterocycles. The summed E-state index contributed by atoms with van der Waals surface area (Å²) < 4.78 is 11.7. The topological polar surface area (TPSA) is 47.6 Å². The van der Waals surface area contributed by atoms with Gasteiger partial charge in [0.2, 0.25) is 12.7 Å². The predicted octanol–water partition coefficient (Wildman–Crippen LogP) is 3.98. The summed E-state index contributed by atoms with van der Waals surface area (Å²) in [5, 5.41) is 2.85. The van der Waals surface area contributed by atoms with E-state index < -0.39 is 0 Å². The van der Waals surface area contributed by atoms with Crippen LogP contribution in [0, 0.1) is 10.5 Å². The molecule has 0 spiro atoms. The minimum absolute atomic E-state index is 0.169. The lowest BCUT2D eigenvalue weighted by molar-refractivity contribution is -0.111. The summed E-state index contributed by atoms with van der Waals surface area (Å²) in [6.45, 7) is 2.28. The first-order chi connectivity index (χ1) is 10.6. The molecule has 0 unspecified atom stereocenters. The Kier molecular flexibility index (Phi) is 4.33.